The molecule has 0 aliphatic carbocycles. The average molecular weight is 235 g/mol. The second-order valence-corrected chi connectivity index (χ2v) is 6.09. The molecule has 2 saturated heterocycles. The molecule has 86 valence electrons. The van der Waals surface area contributed by atoms with Gasteiger partial charge in [-0.2, -0.15) is 11.8 Å². The minimum atomic E-state index is 0.385. The summed E-state index contributed by atoms with van der Waals surface area (Å²) in [6, 6.07) is 8.47. The Morgan fingerprint density at radius 1 is 1.44 bits per heavy atom. The monoisotopic (exact) mass is 235 g/mol. The molecule has 2 heterocycles. The molecule has 2 bridgehead atoms. The van der Waals surface area contributed by atoms with E-state index >= 15 is 0 Å². The van der Waals surface area contributed by atoms with E-state index in [1.165, 1.54) is 24.3 Å². The maximum Gasteiger partial charge on any atom is 0.115 e. The SMILES string of the molecule is Oc1cccc(CCN2CC3CC2CS3)c1. The summed E-state index contributed by atoms with van der Waals surface area (Å²) in [7, 11) is 0. The van der Waals surface area contributed by atoms with Crippen LogP contribution in [-0.4, -0.2) is 40.1 Å². The van der Waals surface area contributed by atoms with Gasteiger partial charge in [0.05, 0.1) is 0 Å². The number of hydrogen-bond donors (Lipinski definition) is 1. The molecule has 1 aromatic carbocycles. The summed E-state index contributed by atoms with van der Waals surface area (Å²) in [4.78, 5) is 2.62. The number of likely N-dealkylation sites (tertiary alicyclic amines) is 1. The first-order valence-corrected chi connectivity index (χ1v) is 7.00. The van der Waals surface area contributed by atoms with E-state index in [2.05, 4.69) is 22.7 Å². The summed E-state index contributed by atoms with van der Waals surface area (Å²) in [5, 5.41) is 10.3. The highest BCUT2D eigenvalue weighted by Crippen LogP contribution is 2.37. The third kappa shape index (κ3) is 2.06. The van der Waals surface area contributed by atoms with Gasteiger partial charge in [-0.25, -0.2) is 0 Å². The Hall–Kier alpha value is -0.670. The molecule has 1 aromatic rings. The van der Waals surface area contributed by atoms with Gasteiger partial charge < -0.3 is 5.11 Å². The van der Waals surface area contributed by atoms with E-state index in [-0.39, 0.29) is 0 Å². The Balaban J connectivity index is 1.57. The molecule has 0 radical (unpaired) electrons. The van der Waals surface area contributed by atoms with Gasteiger partial charge >= 0.3 is 0 Å². The van der Waals surface area contributed by atoms with E-state index in [9.17, 15) is 5.11 Å². The number of phenols is 1. The number of phenolic OH excluding ortho intramolecular Hbond substituents is 1. The fourth-order valence-electron chi connectivity index (χ4n) is 2.74. The molecular formula is C13H17NOS. The number of hydrogen-bond acceptors (Lipinski definition) is 3. The number of nitrogens with zero attached hydrogens (tertiary/aromatic N) is 1. The van der Waals surface area contributed by atoms with Crippen LogP contribution in [0.4, 0.5) is 0 Å². The molecule has 2 fully saturated rings. The molecule has 2 nitrogen and oxygen atoms in total. The van der Waals surface area contributed by atoms with Crippen molar-refractivity contribution in [3.05, 3.63) is 29.8 Å². The average Bonchev–Trinajstić information content (AvgIpc) is 2.88. The van der Waals surface area contributed by atoms with E-state index in [0.29, 0.717) is 5.75 Å². The van der Waals surface area contributed by atoms with Crippen molar-refractivity contribution in [1.29, 1.82) is 0 Å². The van der Waals surface area contributed by atoms with Crippen molar-refractivity contribution in [2.45, 2.75) is 24.1 Å². The summed E-state index contributed by atoms with van der Waals surface area (Å²) in [5.41, 5.74) is 1.25. The number of thioether (sulfide) groups is 1. The zero-order chi connectivity index (χ0) is 11.0. The number of rotatable bonds is 3. The fraction of sp³-hybridized carbons (Fsp3) is 0.538. The minimum Gasteiger partial charge on any atom is -0.508 e. The Kier molecular flexibility index (Phi) is 2.82. The highest BCUT2D eigenvalue weighted by molar-refractivity contribution is 8.00. The van der Waals surface area contributed by atoms with Crippen LogP contribution < -0.4 is 0 Å². The van der Waals surface area contributed by atoms with Crippen LogP contribution in [0.15, 0.2) is 24.3 Å². The van der Waals surface area contributed by atoms with Gasteiger partial charge in [-0.1, -0.05) is 12.1 Å². The van der Waals surface area contributed by atoms with Crippen molar-refractivity contribution in [2.75, 3.05) is 18.8 Å². The van der Waals surface area contributed by atoms with Crippen LogP contribution in [0.2, 0.25) is 0 Å². The van der Waals surface area contributed by atoms with Crippen LogP contribution in [0, 0.1) is 0 Å². The second kappa shape index (κ2) is 4.30. The Morgan fingerprint density at radius 2 is 2.38 bits per heavy atom. The summed E-state index contributed by atoms with van der Waals surface area (Å²) >= 11 is 2.14. The number of fused-ring (bicyclic) bond motifs is 2. The predicted molar refractivity (Wildman–Crippen MR) is 68.0 cm³/mol. The number of benzene rings is 1. The number of aromatic hydroxyl groups is 1. The predicted octanol–water partition coefficient (Wildman–Crippen LogP) is 2.12. The van der Waals surface area contributed by atoms with Gasteiger partial charge in [0.2, 0.25) is 0 Å². The third-order valence-corrected chi connectivity index (χ3v) is 5.00. The van der Waals surface area contributed by atoms with E-state index < -0.39 is 0 Å². The maximum absolute atomic E-state index is 9.39. The van der Waals surface area contributed by atoms with Crippen LogP contribution in [0.5, 0.6) is 5.75 Å². The standard InChI is InChI=1S/C13H17NOS/c15-12-3-1-2-10(6-12)4-5-14-8-13-7-11(14)9-16-13/h1-3,6,11,13,15H,4-5,7-9H2. The Morgan fingerprint density at radius 3 is 3.06 bits per heavy atom. The van der Waals surface area contributed by atoms with Crippen molar-refractivity contribution in [3.8, 4) is 5.75 Å². The van der Waals surface area contributed by atoms with Gasteiger partial charge in [0.25, 0.3) is 0 Å². The molecule has 3 heteroatoms. The zero-order valence-corrected chi connectivity index (χ0v) is 10.1. The summed E-state index contributed by atoms with van der Waals surface area (Å²) in [6.07, 6.45) is 2.45. The normalized spacial score (nSPS) is 28.8. The molecule has 2 unspecified atom stereocenters. The van der Waals surface area contributed by atoms with Gasteiger partial charge in [-0.05, 0) is 30.5 Å². The summed E-state index contributed by atoms with van der Waals surface area (Å²) in [5.74, 6) is 1.71. The Labute approximate surface area is 101 Å². The molecule has 2 aliphatic rings. The third-order valence-electron chi connectivity index (χ3n) is 3.61. The van der Waals surface area contributed by atoms with E-state index in [0.717, 1.165) is 24.3 Å². The molecule has 1 N–H and O–H groups in total. The molecule has 2 atom stereocenters. The lowest BCUT2D eigenvalue weighted by Crippen LogP contribution is -2.35. The van der Waals surface area contributed by atoms with Crippen molar-refractivity contribution < 1.29 is 5.11 Å². The highest BCUT2D eigenvalue weighted by atomic mass is 32.2. The first-order chi connectivity index (χ1) is 7.81. The molecule has 16 heavy (non-hydrogen) atoms. The van der Waals surface area contributed by atoms with Crippen LogP contribution in [0.25, 0.3) is 0 Å². The van der Waals surface area contributed by atoms with Gasteiger partial charge in [0.15, 0.2) is 0 Å². The molecular weight excluding hydrogens is 218 g/mol. The fourth-order valence-corrected chi connectivity index (χ4v) is 4.23. The van der Waals surface area contributed by atoms with Crippen molar-refractivity contribution in [3.63, 3.8) is 0 Å². The minimum absolute atomic E-state index is 0.385. The van der Waals surface area contributed by atoms with E-state index in [1.807, 2.05) is 12.1 Å². The maximum atomic E-state index is 9.39. The quantitative estimate of drug-likeness (QED) is 0.868. The topological polar surface area (TPSA) is 23.5 Å². The smallest absolute Gasteiger partial charge is 0.115 e. The van der Waals surface area contributed by atoms with E-state index in [4.69, 9.17) is 0 Å². The Bertz CT molecular complexity index is 382. The first kappa shape index (κ1) is 10.5. The molecule has 3 rings (SSSR count). The molecule has 0 amide bonds. The van der Waals surface area contributed by atoms with E-state index in [1.54, 1.807) is 6.07 Å². The van der Waals surface area contributed by atoms with Gasteiger partial charge in [0, 0.05) is 30.1 Å². The zero-order valence-electron chi connectivity index (χ0n) is 9.30. The molecule has 2 aliphatic heterocycles. The van der Waals surface area contributed by atoms with Crippen molar-refractivity contribution in [2.24, 2.45) is 0 Å². The molecule has 0 aromatic heterocycles. The molecule has 0 saturated carbocycles. The van der Waals surface area contributed by atoms with Crippen LogP contribution in [0.3, 0.4) is 0 Å². The van der Waals surface area contributed by atoms with Crippen LogP contribution >= 0.6 is 11.8 Å². The summed E-state index contributed by atoms with van der Waals surface area (Å²) in [6.45, 7) is 2.42. The second-order valence-electron chi connectivity index (χ2n) is 4.76. The van der Waals surface area contributed by atoms with Crippen LogP contribution in [0.1, 0.15) is 12.0 Å². The van der Waals surface area contributed by atoms with Gasteiger partial charge in [-0.15, -0.1) is 0 Å². The lowest BCUT2D eigenvalue weighted by Gasteiger charge is -2.26. The summed E-state index contributed by atoms with van der Waals surface area (Å²) < 4.78 is 0. The first-order valence-electron chi connectivity index (χ1n) is 5.95. The highest BCUT2D eigenvalue weighted by Gasteiger charge is 2.37. The van der Waals surface area contributed by atoms with Crippen LogP contribution in [-0.2, 0) is 6.42 Å². The largest absolute Gasteiger partial charge is 0.508 e. The van der Waals surface area contributed by atoms with Gasteiger partial charge in [0.1, 0.15) is 5.75 Å². The van der Waals surface area contributed by atoms with Crippen molar-refractivity contribution >= 4 is 11.8 Å². The van der Waals surface area contributed by atoms with Gasteiger partial charge in [-0.3, -0.25) is 4.90 Å². The van der Waals surface area contributed by atoms with Crippen molar-refractivity contribution in [1.82, 2.24) is 4.90 Å². The lowest BCUT2D eigenvalue weighted by atomic mass is 10.1. The lowest BCUT2D eigenvalue weighted by molar-refractivity contribution is 0.273. The molecule has 0 spiro atoms.